The monoisotopic (exact) mass is 342 g/mol. The van der Waals surface area contributed by atoms with Crippen LogP contribution in [0.25, 0.3) is 0 Å². The van der Waals surface area contributed by atoms with Gasteiger partial charge in [-0.2, -0.15) is 0 Å². The van der Waals surface area contributed by atoms with Gasteiger partial charge in [0.1, 0.15) is 6.04 Å². The molecule has 0 saturated carbocycles. The first-order chi connectivity index (χ1) is 11.2. The fourth-order valence-corrected chi connectivity index (χ4v) is 2.06. The summed E-state index contributed by atoms with van der Waals surface area (Å²) in [7, 11) is 0. The van der Waals surface area contributed by atoms with Crippen molar-refractivity contribution in [2.24, 2.45) is 11.7 Å². The number of ether oxygens (including phenoxy) is 1. The molecular formula is C16H20F2N2O4. The van der Waals surface area contributed by atoms with Crippen molar-refractivity contribution >= 4 is 17.8 Å². The van der Waals surface area contributed by atoms with Gasteiger partial charge in [0.2, 0.25) is 11.8 Å². The van der Waals surface area contributed by atoms with Crippen molar-refractivity contribution in [3.05, 3.63) is 35.4 Å². The maximum Gasteiger partial charge on any atom is 0.308 e. The molecule has 0 aliphatic heterocycles. The maximum atomic E-state index is 13.1. The minimum Gasteiger partial charge on any atom is -0.466 e. The molecule has 0 aliphatic rings. The van der Waals surface area contributed by atoms with Gasteiger partial charge in [-0.25, -0.2) is 8.78 Å². The van der Waals surface area contributed by atoms with Gasteiger partial charge >= 0.3 is 5.97 Å². The van der Waals surface area contributed by atoms with E-state index in [4.69, 9.17) is 10.5 Å². The first-order valence-corrected chi connectivity index (χ1v) is 7.43. The molecular weight excluding hydrogens is 322 g/mol. The van der Waals surface area contributed by atoms with E-state index in [0.29, 0.717) is 0 Å². The number of hydrogen-bond donors (Lipinski definition) is 2. The van der Waals surface area contributed by atoms with Crippen LogP contribution in [0.3, 0.4) is 0 Å². The van der Waals surface area contributed by atoms with E-state index in [0.717, 1.165) is 12.1 Å². The Labute approximate surface area is 138 Å². The lowest BCUT2D eigenvalue weighted by molar-refractivity contribution is -0.148. The number of hydrogen-bond acceptors (Lipinski definition) is 4. The van der Waals surface area contributed by atoms with Crippen LogP contribution in [0.2, 0.25) is 0 Å². The second-order valence-corrected chi connectivity index (χ2v) is 5.34. The van der Waals surface area contributed by atoms with Crippen molar-refractivity contribution in [3.8, 4) is 0 Å². The lowest BCUT2D eigenvalue weighted by atomic mass is 10.0. The van der Waals surface area contributed by atoms with Gasteiger partial charge in [0.05, 0.1) is 18.9 Å². The first-order valence-electron chi connectivity index (χ1n) is 7.43. The number of nitrogens with two attached hydrogens (primary N) is 1. The van der Waals surface area contributed by atoms with Gasteiger partial charge in [0, 0.05) is 0 Å². The second-order valence-electron chi connectivity index (χ2n) is 5.34. The summed E-state index contributed by atoms with van der Waals surface area (Å²) in [6.45, 7) is 3.40. The molecule has 0 radical (unpaired) electrons. The van der Waals surface area contributed by atoms with E-state index in [1.165, 1.54) is 6.07 Å². The largest absolute Gasteiger partial charge is 0.466 e. The van der Waals surface area contributed by atoms with E-state index < -0.39 is 41.4 Å². The highest BCUT2D eigenvalue weighted by molar-refractivity contribution is 5.88. The van der Waals surface area contributed by atoms with E-state index in [9.17, 15) is 23.2 Å². The number of amides is 2. The topological polar surface area (TPSA) is 98.5 Å². The van der Waals surface area contributed by atoms with Crippen molar-refractivity contribution in [3.63, 3.8) is 0 Å². The number of nitrogens with one attached hydrogen (secondary N) is 1. The average molecular weight is 342 g/mol. The molecule has 2 atom stereocenters. The number of carbonyl (C=O) groups is 3. The highest BCUT2D eigenvalue weighted by Gasteiger charge is 2.25. The molecule has 0 unspecified atom stereocenters. The molecule has 3 N–H and O–H groups in total. The summed E-state index contributed by atoms with van der Waals surface area (Å²) in [5.74, 6) is -4.62. The maximum absolute atomic E-state index is 13.1. The normalized spacial score (nSPS) is 13.0. The summed E-state index contributed by atoms with van der Waals surface area (Å²) >= 11 is 0. The third-order valence-corrected chi connectivity index (χ3v) is 3.31. The minimum atomic E-state index is -1.07. The van der Waals surface area contributed by atoms with Crippen LogP contribution < -0.4 is 11.1 Å². The quantitative estimate of drug-likeness (QED) is 0.690. The number of esters is 1. The molecule has 2 amide bonds. The lowest BCUT2D eigenvalue weighted by Gasteiger charge is -2.19. The van der Waals surface area contributed by atoms with Crippen LogP contribution in [0.5, 0.6) is 0 Å². The zero-order valence-corrected chi connectivity index (χ0v) is 13.5. The van der Waals surface area contributed by atoms with Gasteiger partial charge in [0.15, 0.2) is 11.6 Å². The number of primary amides is 1. The Morgan fingerprint density at radius 2 is 1.92 bits per heavy atom. The Morgan fingerprint density at radius 3 is 2.46 bits per heavy atom. The van der Waals surface area contributed by atoms with Crippen LogP contribution in [0.1, 0.15) is 25.8 Å². The zero-order valence-electron chi connectivity index (χ0n) is 13.5. The molecule has 0 aromatic heterocycles. The highest BCUT2D eigenvalue weighted by Crippen LogP contribution is 2.11. The molecule has 8 heteroatoms. The Morgan fingerprint density at radius 1 is 1.25 bits per heavy atom. The van der Waals surface area contributed by atoms with Crippen molar-refractivity contribution < 1.29 is 27.9 Å². The Bertz CT molecular complexity index is 622. The Kier molecular flexibility index (Phi) is 7.29. The average Bonchev–Trinajstić information content (AvgIpc) is 2.50. The standard InChI is InChI=1S/C16H20F2N2O4/c1-3-24-16(23)9(2)6-13(15(19)22)20-14(21)8-10-4-5-11(17)12(18)7-10/h4-5,7,9,13H,3,6,8H2,1-2H3,(H2,19,22)(H,20,21)/t9-,13+/m1/s1. The van der Waals surface area contributed by atoms with Gasteiger partial charge in [-0.1, -0.05) is 13.0 Å². The molecule has 6 nitrogen and oxygen atoms in total. The third kappa shape index (κ3) is 5.94. The minimum absolute atomic E-state index is 0.0162. The predicted molar refractivity (Wildman–Crippen MR) is 81.6 cm³/mol. The molecule has 1 rings (SSSR count). The van der Waals surface area contributed by atoms with Crippen LogP contribution in [-0.4, -0.2) is 30.4 Å². The molecule has 0 fully saturated rings. The van der Waals surface area contributed by atoms with Crippen molar-refractivity contribution in [1.29, 1.82) is 0 Å². The molecule has 0 bridgehead atoms. The highest BCUT2D eigenvalue weighted by atomic mass is 19.2. The number of halogens is 2. The summed E-state index contributed by atoms with van der Waals surface area (Å²) < 4.78 is 30.8. The van der Waals surface area contributed by atoms with Gasteiger partial charge in [-0.3, -0.25) is 14.4 Å². The van der Waals surface area contributed by atoms with E-state index in [1.807, 2.05) is 0 Å². The van der Waals surface area contributed by atoms with Crippen LogP contribution in [-0.2, 0) is 25.5 Å². The summed E-state index contributed by atoms with van der Waals surface area (Å²) in [5.41, 5.74) is 5.47. The Balaban J connectivity index is 2.67. The fraction of sp³-hybridized carbons (Fsp3) is 0.438. The third-order valence-electron chi connectivity index (χ3n) is 3.31. The van der Waals surface area contributed by atoms with Crippen molar-refractivity contribution in [1.82, 2.24) is 5.32 Å². The fourth-order valence-electron chi connectivity index (χ4n) is 2.06. The van der Waals surface area contributed by atoms with Gasteiger partial charge < -0.3 is 15.8 Å². The predicted octanol–water partition coefficient (Wildman–Crippen LogP) is 1.07. The SMILES string of the molecule is CCOC(=O)[C@H](C)C[C@H](NC(=O)Cc1ccc(F)c(F)c1)C(N)=O. The molecule has 1 aromatic carbocycles. The Hall–Kier alpha value is -2.51. The van der Waals surface area contributed by atoms with Crippen LogP contribution in [0.15, 0.2) is 18.2 Å². The van der Waals surface area contributed by atoms with Crippen LogP contribution in [0, 0.1) is 17.6 Å². The first kappa shape index (κ1) is 19.5. The second kappa shape index (κ2) is 8.95. The number of carbonyl (C=O) groups excluding carboxylic acids is 3. The lowest BCUT2D eigenvalue weighted by Crippen LogP contribution is -2.46. The van der Waals surface area contributed by atoms with E-state index in [1.54, 1.807) is 13.8 Å². The van der Waals surface area contributed by atoms with E-state index in [2.05, 4.69) is 5.32 Å². The number of rotatable bonds is 8. The molecule has 0 heterocycles. The molecule has 24 heavy (non-hydrogen) atoms. The number of benzene rings is 1. The summed E-state index contributed by atoms with van der Waals surface area (Å²) in [5, 5.41) is 2.39. The molecule has 132 valence electrons. The van der Waals surface area contributed by atoms with Crippen LogP contribution >= 0.6 is 0 Å². The zero-order chi connectivity index (χ0) is 18.3. The van der Waals surface area contributed by atoms with Gasteiger partial charge in [0.25, 0.3) is 0 Å². The van der Waals surface area contributed by atoms with Crippen molar-refractivity contribution in [2.45, 2.75) is 32.7 Å². The van der Waals surface area contributed by atoms with Crippen molar-refractivity contribution in [2.75, 3.05) is 6.61 Å². The van der Waals surface area contributed by atoms with Gasteiger partial charge in [-0.05, 0) is 31.0 Å². The molecule has 1 aromatic rings. The summed E-state index contributed by atoms with van der Waals surface area (Å²) in [4.78, 5) is 35.0. The smallest absolute Gasteiger partial charge is 0.308 e. The van der Waals surface area contributed by atoms with Crippen LogP contribution in [0.4, 0.5) is 8.78 Å². The summed E-state index contributed by atoms with van der Waals surface area (Å²) in [6, 6.07) is 2.00. The van der Waals surface area contributed by atoms with E-state index >= 15 is 0 Å². The molecule has 0 aliphatic carbocycles. The van der Waals surface area contributed by atoms with E-state index in [-0.39, 0.29) is 25.0 Å². The summed E-state index contributed by atoms with van der Waals surface area (Å²) in [6.07, 6.45) is -0.271. The molecule has 0 saturated heterocycles. The molecule has 0 spiro atoms. The van der Waals surface area contributed by atoms with Gasteiger partial charge in [-0.15, -0.1) is 0 Å².